The van der Waals surface area contributed by atoms with Crippen molar-refractivity contribution < 1.29 is 18.0 Å². The number of hydrogen-bond donors (Lipinski definition) is 1. The van der Waals surface area contributed by atoms with Crippen LogP contribution in [0.2, 0.25) is 0 Å². The maximum absolute atomic E-state index is 14.3. The third-order valence-corrected chi connectivity index (χ3v) is 9.35. The van der Waals surface area contributed by atoms with Crippen LogP contribution < -0.4 is 9.62 Å². The van der Waals surface area contributed by atoms with Crippen molar-refractivity contribution in [2.75, 3.05) is 31.5 Å². The summed E-state index contributed by atoms with van der Waals surface area (Å²) in [5, 5.41) is 3.00. The minimum absolute atomic E-state index is 0.132. The normalized spacial score (nSPS) is 12.2. The Bertz CT molecular complexity index is 1450. The number of anilines is 1. The molecule has 0 aromatic heterocycles. The molecular formula is C32H41BrN4O4S. The second-order valence-corrected chi connectivity index (χ2v) is 13.6. The molecule has 3 rings (SSSR count). The molecule has 0 aliphatic carbocycles. The molecule has 1 atom stereocenters. The Morgan fingerprint density at radius 3 is 2.21 bits per heavy atom. The van der Waals surface area contributed by atoms with Gasteiger partial charge in [-0.2, -0.15) is 12.7 Å². The van der Waals surface area contributed by atoms with Crippen LogP contribution in [0.25, 0.3) is 0 Å². The summed E-state index contributed by atoms with van der Waals surface area (Å²) in [6.45, 7) is 5.90. The molecule has 3 aromatic rings. The quantitative estimate of drug-likeness (QED) is 0.241. The van der Waals surface area contributed by atoms with Crippen LogP contribution in [-0.2, 0) is 32.8 Å². The minimum atomic E-state index is -4.05. The van der Waals surface area contributed by atoms with E-state index in [0.29, 0.717) is 12.2 Å². The first-order chi connectivity index (χ1) is 19.9. The first-order valence-corrected chi connectivity index (χ1v) is 16.3. The molecule has 226 valence electrons. The fraction of sp³-hybridized carbons (Fsp3) is 0.375. The molecule has 0 fully saturated rings. The second-order valence-electron chi connectivity index (χ2n) is 10.6. The van der Waals surface area contributed by atoms with Crippen molar-refractivity contribution >= 4 is 43.6 Å². The van der Waals surface area contributed by atoms with E-state index in [4.69, 9.17) is 0 Å². The molecule has 2 amide bonds. The third-order valence-electron chi connectivity index (χ3n) is 7.02. The Labute approximate surface area is 259 Å². The van der Waals surface area contributed by atoms with Crippen molar-refractivity contribution in [2.24, 2.45) is 0 Å². The van der Waals surface area contributed by atoms with Gasteiger partial charge >= 0.3 is 10.2 Å². The smallest absolute Gasteiger partial charge is 0.304 e. The maximum atomic E-state index is 14.3. The van der Waals surface area contributed by atoms with Crippen LogP contribution in [0, 0.1) is 13.8 Å². The monoisotopic (exact) mass is 656 g/mol. The molecule has 1 N–H and O–H groups in total. The lowest BCUT2D eigenvalue weighted by molar-refractivity contribution is -0.140. The number of halogens is 1. The zero-order valence-electron chi connectivity index (χ0n) is 25.0. The summed E-state index contributed by atoms with van der Waals surface area (Å²) in [6, 6.07) is 21.7. The molecule has 3 aromatic carbocycles. The molecule has 0 aliphatic heterocycles. The summed E-state index contributed by atoms with van der Waals surface area (Å²) in [7, 11) is -1.17. The largest absolute Gasteiger partial charge is 0.354 e. The van der Waals surface area contributed by atoms with Gasteiger partial charge in [0.1, 0.15) is 12.6 Å². The van der Waals surface area contributed by atoms with Gasteiger partial charge in [0.25, 0.3) is 0 Å². The van der Waals surface area contributed by atoms with Crippen LogP contribution in [0.1, 0.15) is 42.0 Å². The number of nitrogens with zero attached hydrogens (tertiary/aromatic N) is 3. The Morgan fingerprint density at radius 1 is 0.929 bits per heavy atom. The van der Waals surface area contributed by atoms with Gasteiger partial charge in [0, 0.05) is 38.1 Å². The van der Waals surface area contributed by atoms with Crippen LogP contribution in [0.5, 0.6) is 0 Å². The maximum Gasteiger partial charge on any atom is 0.304 e. The van der Waals surface area contributed by atoms with E-state index in [1.54, 1.807) is 6.07 Å². The van der Waals surface area contributed by atoms with E-state index < -0.39 is 28.7 Å². The summed E-state index contributed by atoms with van der Waals surface area (Å²) >= 11 is 3.46. The molecule has 42 heavy (non-hydrogen) atoms. The van der Waals surface area contributed by atoms with E-state index in [9.17, 15) is 18.0 Å². The van der Waals surface area contributed by atoms with E-state index >= 15 is 0 Å². The van der Waals surface area contributed by atoms with E-state index in [1.165, 1.54) is 19.0 Å². The second kappa shape index (κ2) is 15.3. The highest BCUT2D eigenvalue weighted by Gasteiger charge is 2.35. The van der Waals surface area contributed by atoms with Gasteiger partial charge in [-0.05, 0) is 60.7 Å². The molecule has 8 nitrogen and oxygen atoms in total. The van der Waals surface area contributed by atoms with Crippen molar-refractivity contribution in [3.63, 3.8) is 0 Å². The van der Waals surface area contributed by atoms with Gasteiger partial charge in [0.2, 0.25) is 11.8 Å². The zero-order valence-corrected chi connectivity index (χ0v) is 27.4. The van der Waals surface area contributed by atoms with Crippen molar-refractivity contribution in [2.45, 2.75) is 52.6 Å². The fourth-order valence-electron chi connectivity index (χ4n) is 4.54. The number of carbonyl (C=O) groups is 2. The Hall–Kier alpha value is -3.21. The van der Waals surface area contributed by atoms with Gasteiger partial charge in [-0.1, -0.05) is 83.9 Å². The number of carbonyl (C=O) groups excluding carboxylic acids is 2. The number of hydrogen-bond acceptors (Lipinski definition) is 4. The average molecular weight is 658 g/mol. The molecule has 1 unspecified atom stereocenters. The Kier molecular flexibility index (Phi) is 12.1. The van der Waals surface area contributed by atoms with Gasteiger partial charge in [-0.3, -0.25) is 9.59 Å². The zero-order chi connectivity index (χ0) is 30.9. The topological polar surface area (TPSA) is 90.0 Å². The first kappa shape index (κ1) is 33.3. The van der Waals surface area contributed by atoms with Gasteiger partial charge in [0.05, 0.1) is 5.69 Å². The third kappa shape index (κ3) is 8.89. The van der Waals surface area contributed by atoms with E-state index in [0.717, 1.165) is 48.2 Å². The predicted octanol–water partition coefficient (Wildman–Crippen LogP) is 5.24. The van der Waals surface area contributed by atoms with Crippen molar-refractivity contribution in [3.8, 4) is 0 Å². The number of unbranched alkanes of at least 4 members (excludes halogenated alkanes) is 1. The van der Waals surface area contributed by atoms with Crippen LogP contribution in [0.3, 0.4) is 0 Å². The molecule has 0 saturated heterocycles. The van der Waals surface area contributed by atoms with Crippen molar-refractivity contribution in [3.05, 3.63) is 99.5 Å². The highest BCUT2D eigenvalue weighted by atomic mass is 79.9. The van der Waals surface area contributed by atoms with Gasteiger partial charge in [-0.25, -0.2) is 4.31 Å². The van der Waals surface area contributed by atoms with Gasteiger partial charge in [0.15, 0.2) is 0 Å². The number of amides is 2. The Morgan fingerprint density at radius 2 is 1.60 bits per heavy atom. The lowest BCUT2D eigenvalue weighted by Gasteiger charge is -2.35. The molecule has 0 heterocycles. The number of nitrogens with one attached hydrogen (secondary N) is 1. The summed E-state index contributed by atoms with van der Waals surface area (Å²) in [5.41, 5.74) is 3.73. The number of aryl methyl sites for hydroxylation is 2. The lowest BCUT2D eigenvalue weighted by atomic mass is 10.0. The molecule has 0 radical (unpaired) electrons. The van der Waals surface area contributed by atoms with Crippen LogP contribution in [0.4, 0.5) is 5.69 Å². The van der Waals surface area contributed by atoms with E-state index in [1.807, 2.05) is 87.5 Å². The number of benzene rings is 3. The summed E-state index contributed by atoms with van der Waals surface area (Å²) in [4.78, 5) is 29.6. The molecule has 0 saturated carbocycles. The summed E-state index contributed by atoms with van der Waals surface area (Å²) in [5.74, 6) is -0.748. The highest BCUT2D eigenvalue weighted by molar-refractivity contribution is 9.10. The van der Waals surface area contributed by atoms with Crippen LogP contribution >= 0.6 is 15.9 Å². The lowest BCUT2D eigenvalue weighted by Crippen LogP contribution is -2.54. The van der Waals surface area contributed by atoms with Gasteiger partial charge in [-0.15, -0.1) is 0 Å². The summed E-state index contributed by atoms with van der Waals surface area (Å²) < 4.78 is 30.4. The van der Waals surface area contributed by atoms with Crippen LogP contribution in [0.15, 0.2) is 77.3 Å². The fourth-order valence-corrected chi connectivity index (χ4v) is 5.91. The molecule has 0 spiro atoms. The molecule has 0 aliphatic rings. The first-order valence-electron chi connectivity index (χ1n) is 14.1. The van der Waals surface area contributed by atoms with Crippen LogP contribution in [-0.4, -0.2) is 62.7 Å². The van der Waals surface area contributed by atoms with E-state index in [-0.39, 0.29) is 18.9 Å². The highest BCUT2D eigenvalue weighted by Crippen LogP contribution is 2.26. The predicted molar refractivity (Wildman–Crippen MR) is 172 cm³/mol. The van der Waals surface area contributed by atoms with Crippen molar-refractivity contribution in [1.29, 1.82) is 0 Å². The minimum Gasteiger partial charge on any atom is -0.354 e. The average Bonchev–Trinajstić information content (AvgIpc) is 2.96. The molecule has 10 heteroatoms. The molecular weight excluding hydrogens is 616 g/mol. The van der Waals surface area contributed by atoms with Crippen molar-refractivity contribution in [1.82, 2.24) is 14.5 Å². The van der Waals surface area contributed by atoms with Gasteiger partial charge < -0.3 is 10.2 Å². The summed E-state index contributed by atoms with van der Waals surface area (Å²) in [6.07, 6.45) is 2.01. The number of rotatable bonds is 14. The Balaban J connectivity index is 2.10. The SMILES string of the molecule is CCCCNC(=O)C(Cc1ccccc1)N(Cc1ccc(Br)cc1)C(=O)CN(c1cc(C)ccc1C)S(=O)(=O)N(C)C. The standard InChI is InChI=1S/C32H41BrN4O4S/c1-6-7-19-34-32(39)30(21-26-11-9-8-10-12-26)36(22-27-15-17-28(33)18-16-27)31(38)23-37(42(40,41)35(4)5)29-20-24(2)13-14-25(29)3/h8-18,20,30H,6-7,19,21-23H2,1-5H3,(H,34,39). The van der Waals surface area contributed by atoms with E-state index in [2.05, 4.69) is 21.2 Å². The molecule has 0 bridgehead atoms.